The molecule has 150 valence electrons. The van der Waals surface area contributed by atoms with E-state index in [4.69, 9.17) is 9.47 Å². The van der Waals surface area contributed by atoms with E-state index >= 15 is 0 Å². The van der Waals surface area contributed by atoms with Gasteiger partial charge in [-0.05, 0) is 30.0 Å². The van der Waals surface area contributed by atoms with E-state index in [1.807, 2.05) is 0 Å². The summed E-state index contributed by atoms with van der Waals surface area (Å²) in [5, 5.41) is 3.34. The van der Waals surface area contributed by atoms with Crippen molar-refractivity contribution in [3.63, 3.8) is 0 Å². The number of esters is 2. The molecule has 2 aromatic rings. The Bertz CT molecular complexity index is 1010. The van der Waals surface area contributed by atoms with Crippen molar-refractivity contribution in [3.05, 3.63) is 40.2 Å². The molecule has 0 bridgehead atoms. The second-order valence-electron chi connectivity index (χ2n) is 6.91. The highest BCUT2D eigenvalue weighted by atomic mass is 32.2. The number of hydrogen-bond acceptors (Lipinski definition) is 8. The topological polar surface area (TPSA) is 109 Å². The lowest BCUT2D eigenvalue weighted by atomic mass is 10.0. The highest BCUT2D eigenvalue weighted by Crippen LogP contribution is 2.27. The summed E-state index contributed by atoms with van der Waals surface area (Å²) in [5.74, 6) is -4.34. The van der Waals surface area contributed by atoms with Gasteiger partial charge in [-0.2, -0.15) is 11.3 Å². The highest BCUT2D eigenvalue weighted by Gasteiger charge is 2.43. The lowest BCUT2D eigenvalue weighted by Gasteiger charge is -2.33. The molecule has 0 saturated carbocycles. The minimum atomic E-state index is -3.63. The van der Waals surface area contributed by atoms with Gasteiger partial charge in [0.25, 0.3) is 5.79 Å². The average molecular weight is 425 g/mol. The van der Waals surface area contributed by atoms with Crippen molar-refractivity contribution in [2.75, 3.05) is 6.26 Å². The standard InChI is InChI=1S/C18H19NO7S2/c1-18(2)25-16(21)12(17(22)26-18)6-8-19-13(4-5-14(19)28(3,23)24)15(20)11-7-9-27-10-11/h4-5,7,9-10,12H,6,8H2,1-3H3. The smallest absolute Gasteiger partial charge is 0.323 e. The Morgan fingerprint density at radius 2 is 1.82 bits per heavy atom. The first kappa shape index (κ1) is 20.3. The molecule has 0 atom stereocenters. The molecule has 0 spiro atoms. The fourth-order valence-electron chi connectivity index (χ4n) is 2.98. The number of nitrogens with zero attached hydrogens (tertiary/aromatic N) is 1. The fraction of sp³-hybridized carbons (Fsp3) is 0.389. The number of hydrogen-bond donors (Lipinski definition) is 0. The van der Waals surface area contributed by atoms with Gasteiger partial charge in [-0.1, -0.05) is 0 Å². The van der Waals surface area contributed by atoms with Crippen LogP contribution in [0.1, 0.15) is 36.3 Å². The summed E-state index contributed by atoms with van der Waals surface area (Å²) in [7, 11) is -3.63. The number of carbonyl (C=O) groups is 3. The molecule has 0 unspecified atom stereocenters. The number of ether oxygens (including phenoxy) is 2. The van der Waals surface area contributed by atoms with Gasteiger partial charge in [0.1, 0.15) is 5.03 Å². The Morgan fingerprint density at radius 1 is 1.18 bits per heavy atom. The van der Waals surface area contributed by atoms with Gasteiger partial charge in [0.15, 0.2) is 15.8 Å². The maximum Gasteiger partial charge on any atom is 0.323 e. The van der Waals surface area contributed by atoms with Crippen LogP contribution in [0.4, 0.5) is 0 Å². The van der Waals surface area contributed by atoms with E-state index in [1.165, 1.54) is 41.9 Å². The number of cyclic esters (lactones) is 2. The lowest BCUT2D eigenvalue weighted by Crippen LogP contribution is -2.46. The molecule has 0 amide bonds. The van der Waals surface area contributed by atoms with Gasteiger partial charge in [-0.3, -0.25) is 14.4 Å². The molecule has 1 fully saturated rings. The normalized spacial score (nSPS) is 17.2. The Morgan fingerprint density at radius 3 is 2.36 bits per heavy atom. The second-order valence-corrected chi connectivity index (χ2v) is 9.65. The Kier molecular flexibility index (Phi) is 5.20. The summed E-state index contributed by atoms with van der Waals surface area (Å²) in [4.78, 5) is 37.0. The van der Waals surface area contributed by atoms with Gasteiger partial charge in [0, 0.05) is 37.6 Å². The van der Waals surface area contributed by atoms with Crippen LogP contribution in [0.5, 0.6) is 0 Å². The van der Waals surface area contributed by atoms with E-state index < -0.39 is 33.5 Å². The molecule has 10 heteroatoms. The van der Waals surface area contributed by atoms with Gasteiger partial charge in [-0.25, -0.2) is 8.42 Å². The summed E-state index contributed by atoms with van der Waals surface area (Å²) < 4.78 is 35.7. The highest BCUT2D eigenvalue weighted by molar-refractivity contribution is 7.90. The number of carbonyl (C=O) groups excluding carboxylic acids is 3. The van der Waals surface area contributed by atoms with Crippen molar-refractivity contribution < 1.29 is 32.3 Å². The van der Waals surface area contributed by atoms with Crippen molar-refractivity contribution in [2.24, 2.45) is 5.92 Å². The molecule has 1 saturated heterocycles. The van der Waals surface area contributed by atoms with E-state index in [-0.39, 0.29) is 29.5 Å². The van der Waals surface area contributed by atoms with E-state index in [9.17, 15) is 22.8 Å². The van der Waals surface area contributed by atoms with Crippen LogP contribution in [-0.2, 0) is 35.4 Å². The van der Waals surface area contributed by atoms with Gasteiger partial charge in [-0.15, -0.1) is 0 Å². The first-order chi connectivity index (χ1) is 13.0. The van der Waals surface area contributed by atoms with Crippen molar-refractivity contribution in [1.82, 2.24) is 4.57 Å². The maximum atomic E-state index is 12.7. The first-order valence-corrected chi connectivity index (χ1v) is 11.3. The molecule has 28 heavy (non-hydrogen) atoms. The molecule has 0 aromatic carbocycles. The second kappa shape index (κ2) is 7.17. The van der Waals surface area contributed by atoms with Crippen LogP contribution in [0.25, 0.3) is 0 Å². The third kappa shape index (κ3) is 4.02. The van der Waals surface area contributed by atoms with Crippen LogP contribution in [-0.4, -0.2) is 42.7 Å². The molecule has 3 rings (SSSR count). The van der Waals surface area contributed by atoms with Crippen molar-refractivity contribution in [1.29, 1.82) is 0 Å². The molecule has 2 aromatic heterocycles. The predicted molar refractivity (Wildman–Crippen MR) is 99.7 cm³/mol. The van der Waals surface area contributed by atoms with Crippen molar-refractivity contribution in [3.8, 4) is 0 Å². The van der Waals surface area contributed by atoms with Crippen molar-refractivity contribution >= 4 is 38.9 Å². The van der Waals surface area contributed by atoms with Gasteiger partial charge in [0.05, 0.1) is 5.69 Å². The van der Waals surface area contributed by atoms with E-state index in [1.54, 1.807) is 16.8 Å². The lowest BCUT2D eigenvalue weighted by molar-refractivity contribution is -0.240. The van der Waals surface area contributed by atoms with Crippen LogP contribution in [0.15, 0.2) is 34.0 Å². The average Bonchev–Trinajstić information content (AvgIpc) is 3.21. The van der Waals surface area contributed by atoms with Crippen LogP contribution in [0.3, 0.4) is 0 Å². The van der Waals surface area contributed by atoms with Crippen LogP contribution in [0.2, 0.25) is 0 Å². The Balaban J connectivity index is 1.90. The molecule has 0 N–H and O–H groups in total. The summed E-state index contributed by atoms with van der Waals surface area (Å²) in [5.41, 5.74) is 0.597. The number of sulfone groups is 1. The Hall–Kier alpha value is -2.46. The van der Waals surface area contributed by atoms with Gasteiger partial charge >= 0.3 is 11.9 Å². The fourth-order valence-corrected chi connectivity index (χ4v) is 4.52. The van der Waals surface area contributed by atoms with Crippen LogP contribution < -0.4 is 0 Å². The number of ketones is 1. The quantitative estimate of drug-likeness (QED) is 0.396. The van der Waals surface area contributed by atoms with Gasteiger partial charge < -0.3 is 14.0 Å². The van der Waals surface area contributed by atoms with Gasteiger partial charge in [0.2, 0.25) is 5.78 Å². The summed E-state index contributed by atoms with van der Waals surface area (Å²) in [6.07, 6.45) is 0.970. The number of thiophene rings is 1. The summed E-state index contributed by atoms with van der Waals surface area (Å²) in [6, 6.07) is 4.41. The molecule has 1 aliphatic rings. The third-order valence-electron chi connectivity index (χ3n) is 4.24. The zero-order valence-electron chi connectivity index (χ0n) is 15.5. The van der Waals surface area contributed by atoms with E-state index in [0.717, 1.165) is 6.26 Å². The largest absolute Gasteiger partial charge is 0.422 e. The molecular formula is C18H19NO7S2. The van der Waals surface area contributed by atoms with E-state index in [0.29, 0.717) is 5.56 Å². The molecule has 0 radical (unpaired) electrons. The monoisotopic (exact) mass is 425 g/mol. The van der Waals surface area contributed by atoms with E-state index in [2.05, 4.69) is 0 Å². The molecule has 1 aliphatic heterocycles. The zero-order valence-corrected chi connectivity index (χ0v) is 17.1. The molecule has 3 heterocycles. The predicted octanol–water partition coefficient (Wildman–Crippen LogP) is 2.03. The third-order valence-corrected chi connectivity index (χ3v) is 6.04. The SMILES string of the molecule is CC1(C)OC(=O)C(CCn2c(C(=O)c3ccsc3)ccc2S(C)(=O)=O)C(=O)O1. The number of aromatic nitrogens is 1. The maximum absolute atomic E-state index is 12.7. The van der Waals surface area contributed by atoms with Crippen LogP contribution in [0, 0.1) is 5.92 Å². The Labute approximate surface area is 166 Å². The van der Waals surface area contributed by atoms with Crippen molar-refractivity contribution in [2.45, 2.75) is 37.6 Å². The minimum Gasteiger partial charge on any atom is -0.422 e. The molecule has 0 aliphatic carbocycles. The molecule has 8 nitrogen and oxygen atoms in total. The summed E-state index contributed by atoms with van der Waals surface area (Å²) in [6.45, 7) is 2.85. The minimum absolute atomic E-state index is 0.0457. The summed E-state index contributed by atoms with van der Waals surface area (Å²) >= 11 is 1.35. The molecular weight excluding hydrogens is 406 g/mol. The number of rotatable bonds is 6. The van der Waals surface area contributed by atoms with Crippen LogP contribution >= 0.6 is 11.3 Å². The zero-order chi connectivity index (χ0) is 20.7. The first-order valence-electron chi connectivity index (χ1n) is 8.42.